The molecule has 0 fully saturated rings. The molecule has 23 heavy (non-hydrogen) atoms. The van der Waals surface area contributed by atoms with E-state index in [9.17, 15) is 9.18 Å². The molecule has 0 bridgehead atoms. The fraction of sp³-hybridized carbons (Fsp3) is 0.222. The molecule has 1 atom stereocenters. The van der Waals surface area contributed by atoms with Crippen LogP contribution in [-0.4, -0.2) is 11.5 Å². The molecule has 5 heteroatoms. The van der Waals surface area contributed by atoms with Gasteiger partial charge in [-0.15, -0.1) is 11.8 Å². The molecule has 116 valence electrons. The third kappa shape index (κ3) is 3.08. The minimum absolute atomic E-state index is 0.0679. The number of ketones is 1. The van der Waals surface area contributed by atoms with Crippen molar-refractivity contribution in [2.24, 2.45) is 0 Å². The minimum Gasteiger partial charge on any atom is -0.378 e. The van der Waals surface area contributed by atoms with Gasteiger partial charge in [0.15, 0.2) is 5.78 Å². The van der Waals surface area contributed by atoms with Crippen LogP contribution < -0.4 is 5.32 Å². The van der Waals surface area contributed by atoms with Crippen LogP contribution in [0.4, 0.5) is 10.1 Å². The molecule has 3 nitrogen and oxygen atoms in total. The number of carbonyl (C=O) groups excluding carboxylic acids is 1. The predicted molar refractivity (Wildman–Crippen MR) is 89.3 cm³/mol. The fourth-order valence-electron chi connectivity index (χ4n) is 2.76. The Morgan fingerprint density at radius 3 is 2.96 bits per heavy atom. The molecule has 1 unspecified atom stereocenters. The molecule has 0 spiro atoms. The van der Waals surface area contributed by atoms with Gasteiger partial charge in [-0.05, 0) is 43.2 Å². The Balaban J connectivity index is 1.99. The monoisotopic (exact) mass is 326 g/mol. The normalized spacial score (nSPS) is 16.3. The largest absolute Gasteiger partial charge is 0.378 e. The van der Waals surface area contributed by atoms with Crippen molar-refractivity contribution < 1.29 is 9.18 Å². The Morgan fingerprint density at radius 1 is 1.39 bits per heavy atom. The Kier molecular flexibility index (Phi) is 4.35. The Bertz CT molecular complexity index is 813. The molecule has 2 aromatic rings. The fourth-order valence-corrected chi connectivity index (χ4v) is 3.90. The Labute approximate surface area is 138 Å². The van der Waals surface area contributed by atoms with Crippen LogP contribution in [0.5, 0.6) is 0 Å². The summed E-state index contributed by atoms with van der Waals surface area (Å²) in [5.41, 5.74) is 2.56. The maximum Gasteiger partial charge on any atom is 0.161 e. The van der Waals surface area contributed by atoms with Crippen LogP contribution in [0.1, 0.15) is 40.9 Å². The van der Waals surface area contributed by atoms with E-state index < -0.39 is 0 Å². The van der Waals surface area contributed by atoms with Crippen molar-refractivity contribution in [1.82, 2.24) is 0 Å². The molecular formula is C18H15FN2OS. The van der Waals surface area contributed by atoms with E-state index in [0.717, 1.165) is 17.7 Å². The minimum atomic E-state index is -0.212. The SMILES string of the molecule is CC(=O)c1ccc(C#N)cc1NC1CCSc2c(F)cccc21. The van der Waals surface area contributed by atoms with Crippen molar-refractivity contribution in [3.63, 3.8) is 0 Å². The van der Waals surface area contributed by atoms with Crippen LogP contribution in [0, 0.1) is 17.1 Å². The first-order valence-electron chi connectivity index (χ1n) is 7.33. The van der Waals surface area contributed by atoms with Gasteiger partial charge < -0.3 is 5.32 Å². The Hall–Kier alpha value is -2.32. The number of hydrogen-bond donors (Lipinski definition) is 1. The topological polar surface area (TPSA) is 52.9 Å². The number of nitriles is 1. The van der Waals surface area contributed by atoms with E-state index in [0.29, 0.717) is 21.7 Å². The predicted octanol–water partition coefficient (Wildman–Crippen LogP) is 4.55. The van der Waals surface area contributed by atoms with E-state index in [-0.39, 0.29) is 17.6 Å². The highest BCUT2D eigenvalue weighted by Gasteiger charge is 2.24. The zero-order valence-electron chi connectivity index (χ0n) is 12.6. The lowest BCUT2D eigenvalue weighted by atomic mass is 10.0. The number of hydrogen-bond acceptors (Lipinski definition) is 4. The first-order valence-corrected chi connectivity index (χ1v) is 8.31. The number of nitrogens with one attached hydrogen (secondary N) is 1. The van der Waals surface area contributed by atoms with Crippen molar-refractivity contribution in [3.05, 3.63) is 58.9 Å². The number of carbonyl (C=O) groups is 1. The van der Waals surface area contributed by atoms with Gasteiger partial charge in [-0.2, -0.15) is 5.26 Å². The van der Waals surface area contributed by atoms with E-state index in [4.69, 9.17) is 5.26 Å². The lowest BCUT2D eigenvalue weighted by Crippen LogP contribution is -2.18. The van der Waals surface area contributed by atoms with Gasteiger partial charge in [0.1, 0.15) is 5.82 Å². The third-order valence-corrected chi connectivity index (χ3v) is 5.04. The summed E-state index contributed by atoms with van der Waals surface area (Å²) in [5, 5.41) is 12.4. The van der Waals surface area contributed by atoms with Gasteiger partial charge in [0, 0.05) is 21.9 Å². The molecule has 3 rings (SSSR count). The number of nitrogens with zero attached hydrogens (tertiary/aromatic N) is 1. The van der Waals surface area contributed by atoms with Crippen LogP contribution in [-0.2, 0) is 0 Å². The smallest absolute Gasteiger partial charge is 0.161 e. The first-order chi connectivity index (χ1) is 11.1. The van der Waals surface area contributed by atoms with Gasteiger partial charge in [0.25, 0.3) is 0 Å². The number of anilines is 1. The van der Waals surface area contributed by atoms with Crippen molar-refractivity contribution in [1.29, 1.82) is 5.26 Å². The number of thioether (sulfide) groups is 1. The van der Waals surface area contributed by atoms with Gasteiger partial charge in [-0.3, -0.25) is 4.79 Å². The summed E-state index contributed by atoms with van der Waals surface area (Å²) in [4.78, 5) is 12.5. The molecule has 0 radical (unpaired) electrons. The summed E-state index contributed by atoms with van der Waals surface area (Å²) in [6.45, 7) is 1.50. The van der Waals surface area contributed by atoms with Crippen LogP contribution in [0.25, 0.3) is 0 Å². The van der Waals surface area contributed by atoms with Gasteiger partial charge >= 0.3 is 0 Å². The average Bonchev–Trinajstić information content (AvgIpc) is 2.55. The highest BCUT2D eigenvalue weighted by atomic mass is 32.2. The highest BCUT2D eigenvalue weighted by Crippen LogP contribution is 2.39. The Morgan fingerprint density at radius 2 is 2.22 bits per heavy atom. The number of rotatable bonds is 3. The van der Waals surface area contributed by atoms with Gasteiger partial charge in [0.05, 0.1) is 17.7 Å². The second-order valence-electron chi connectivity index (χ2n) is 5.42. The molecule has 1 aliphatic heterocycles. The zero-order valence-corrected chi connectivity index (χ0v) is 13.4. The first kappa shape index (κ1) is 15.6. The van der Waals surface area contributed by atoms with E-state index in [1.807, 2.05) is 6.07 Å². The van der Waals surface area contributed by atoms with Crippen LogP contribution in [0.15, 0.2) is 41.3 Å². The molecule has 0 aliphatic carbocycles. The quantitative estimate of drug-likeness (QED) is 0.841. The van der Waals surface area contributed by atoms with Gasteiger partial charge in [-0.1, -0.05) is 12.1 Å². The second kappa shape index (κ2) is 6.43. The molecule has 0 aromatic heterocycles. The van der Waals surface area contributed by atoms with Crippen molar-refractivity contribution >= 4 is 23.2 Å². The standard InChI is InChI=1S/C18H15FN2OS/c1-11(22)13-6-5-12(10-20)9-17(13)21-16-7-8-23-18-14(16)3-2-4-15(18)19/h2-6,9,16,21H,7-8H2,1H3. The second-order valence-corrected chi connectivity index (χ2v) is 6.53. The lowest BCUT2D eigenvalue weighted by Gasteiger charge is -2.27. The molecule has 1 N–H and O–H groups in total. The van der Waals surface area contributed by atoms with E-state index in [1.54, 1.807) is 24.3 Å². The van der Waals surface area contributed by atoms with E-state index in [1.165, 1.54) is 24.8 Å². The summed E-state index contributed by atoms with van der Waals surface area (Å²) in [6, 6.07) is 12.0. The number of Topliss-reactive ketones (excluding diaryl/α,β-unsaturated/α-hetero) is 1. The van der Waals surface area contributed by atoms with Crippen LogP contribution >= 0.6 is 11.8 Å². The molecule has 0 saturated heterocycles. The maximum absolute atomic E-state index is 14.0. The molecule has 2 aromatic carbocycles. The molecular weight excluding hydrogens is 311 g/mol. The summed E-state index contributed by atoms with van der Waals surface area (Å²) in [7, 11) is 0. The van der Waals surface area contributed by atoms with Crippen LogP contribution in [0.2, 0.25) is 0 Å². The maximum atomic E-state index is 14.0. The summed E-state index contributed by atoms with van der Waals surface area (Å²) in [6.07, 6.45) is 0.829. The average molecular weight is 326 g/mol. The van der Waals surface area contributed by atoms with Gasteiger partial charge in [-0.25, -0.2) is 4.39 Å². The van der Waals surface area contributed by atoms with E-state index >= 15 is 0 Å². The lowest BCUT2D eigenvalue weighted by molar-refractivity contribution is 0.101. The summed E-state index contributed by atoms with van der Waals surface area (Å²) < 4.78 is 14.0. The zero-order chi connectivity index (χ0) is 16.4. The number of halogens is 1. The third-order valence-electron chi connectivity index (χ3n) is 3.88. The van der Waals surface area contributed by atoms with E-state index in [2.05, 4.69) is 11.4 Å². The summed E-state index contributed by atoms with van der Waals surface area (Å²) >= 11 is 1.51. The number of fused-ring (bicyclic) bond motifs is 1. The molecule has 1 heterocycles. The van der Waals surface area contributed by atoms with Crippen molar-refractivity contribution in [3.8, 4) is 6.07 Å². The molecule has 0 saturated carbocycles. The molecule has 0 amide bonds. The number of benzene rings is 2. The van der Waals surface area contributed by atoms with Gasteiger partial charge in [0.2, 0.25) is 0 Å². The molecule has 1 aliphatic rings. The van der Waals surface area contributed by atoms with Crippen LogP contribution in [0.3, 0.4) is 0 Å². The van der Waals surface area contributed by atoms with Crippen molar-refractivity contribution in [2.75, 3.05) is 11.1 Å². The summed E-state index contributed by atoms with van der Waals surface area (Å²) in [5.74, 6) is 0.525. The highest BCUT2D eigenvalue weighted by molar-refractivity contribution is 7.99. The van der Waals surface area contributed by atoms with Crippen molar-refractivity contribution in [2.45, 2.75) is 24.3 Å².